The minimum atomic E-state index is -0.410. The minimum absolute atomic E-state index is 0.322. The van der Waals surface area contributed by atoms with Gasteiger partial charge in [-0.15, -0.1) is 0 Å². The zero-order valence-electron chi connectivity index (χ0n) is 9.74. The maximum absolute atomic E-state index is 11.9. The fourth-order valence-electron chi connectivity index (χ4n) is 1.73. The first kappa shape index (κ1) is 13.5. The lowest BCUT2D eigenvalue weighted by atomic mass is 10.1. The Labute approximate surface area is 124 Å². The van der Waals surface area contributed by atoms with Crippen LogP contribution in [-0.2, 0) is 9.16 Å². The van der Waals surface area contributed by atoms with Crippen LogP contribution in [0.25, 0.3) is 10.9 Å². The smallest absolute Gasteiger partial charge is 0.341 e. The number of halogens is 2. The van der Waals surface area contributed by atoms with Crippen molar-refractivity contribution in [2.24, 2.45) is 0 Å². The van der Waals surface area contributed by atoms with Gasteiger partial charge in [-0.1, -0.05) is 52.4 Å². The molecule has 3 nitrogen and oxygen atoms in total. The quantitative estimate of drug-likeness (QED) is 0.462. The van der Waals surface area contributed by atoms with E-state index in [1.54, 1.807) is 6.92 Å². The molecule has 94 valence electrons. The summed E-state index contributed by atoms with van der Waals surface area (Å²) in [6.07, 6.45) is 0. The molecule has 0 aliphatic heterocycles. The highest BCUT2D eigenvalue weighted by molar-refractivity contribution is 14.1. The van der Waals surface area contributed by atoms with Crippen LogP contribution in [0.1, 0.15) is 23.0 Å². The van der Waals surface area contributed by atoms with Crippen LogP contribution < -0.4 is 0 Å². The van der Waals surface area contributed by atoms with Gasteiger partial charge in [-0.3, -0.25) is 4.98 Å². The molecule has 0 atom stereocenters. The fraction of sp³-hybridized carbons (Fsp3) is 0.231. The molecular weight excluding hydrogens is 365 g/mol. The molecule has 0 spiro atoms. The number of rotatable bonds is 3. The van der Waals surface area contributed by atoms with Crippen molar-refractivity contribution < 1.29 is 9.53 Å². The summed E-state index contributed by atoms with van der Waals surface area (Å²) in [5.74, 6) is -0.410. The van der Waals surface area contributed by atoms with Gasteiger partial charge in [0.1, 0.15) is 5.56 Å². The van der Waals surface area contributed by atoms with Crippen LogP contribution in [-0.4, -0.2) is 17.6 Å². The van der Waals surface area contributed by atoms with Gasteiger partial charge < -0.3 is 4.74 Å². The number of ether oxygens (including phenoxy) is 1. The second kappa shape index (κ2) is 5.84. The summed E-state index contributed by atoms with van der Waals surface area (Å²) in [7, 11) is 0. The Morgan fingerprint density at radius 3 is 2.83 bits per heavy atom. The van der Waals surface area contributed by atoms with Gasteiger partial charge in [0.25, 0.3) is 0 Å². The number of carbonyl (C=O) groups is 1. The summed E-state index contributed by atoms with van der Waals surface area (Å²) in [5, 5.41) is 1.20. The zero-order chi connectivity index (χ0) is 13.1. The van der Waals surface area contributed by atoms with Crippen LogP contribution in [0.15, 0.2) is 24.3 Å². The maximum Gasteiger partial charge on any atom is 0.341 e. The van der Waals surface area contributed by atoms with Gasteiger partial charge in [0.2, 0.25) is 0 Å². The van der Waals surface area contributed by atoms with Crippen molar-refractivity contribution in [1.82, 2.24) is 4.98 Å². The molecule has 2 aromatic rings. The van der Waals surface area contributed by atoms with Crippen molar-refractivity contribution in [1.29, 1.82) is 0 Å². The second-order valence-corrected chi connectivity index (χ2v) is 4.76. The Bertz CT molecular complexity index is 601. The topological polar surface area (TPSA) is 39.2 Å². The highest BCUT2D eigenvalue weighted by Crippen LogP contribution is 2.29. The van der Waals surface area contributed by atoms with Crippen LogP contribution in [0.4, 0.5) is 0 Å². The first-order chi connectivity index (χ1) is 8.69. The van der Waals surface area contributed by atoms with Gasteiger partial charge >= 0.3 is 5.97 Å². The minimum Gasteiger partial charge on any atom is -0.462 e. The summed E-state index contributed by atoms with van der Waals surface area (Å²) >= 11 is 8.47. The number of pyridine rings is 1. The Kier molecular flexibility index (Phi) is 4.40. The second-order valence-electron chi connectivity index (χ2n) is 3.62. The van der Waals surface area contributed by atoms with E-state index in [0.717, 1.165) is 10.9 Å². The fourth-order valence-corrected chi connectivity index (χ4v) is 2.62. The van der Waals surface area contributed by atoms with Crippen molar-refractivity contribution >= 4 is 51.1 Å². The van der Waals surface area contributed by atoms with E-state index >= 15 is 0 Å². The Morgan fingerprint density at radius 1 is 1.44 bits per heavy atom. The molecule has 0 saturated carbocycles. The maximum atomic E-state index is 11.9. The van der Waals surface area contributed by atoms with Crippen LogP contribution in [0.5, 0.6) is 0 Å². The van der Waals surface area contributed by atoms with Crippen LogP contribution in [0.2, 0.25) is 5.02 Å². The van der Waals surface area contributed by atoms with Crippen molar-refractivity contribution in [2.75, 3.05) is 6.61 Å². The molecule has 18 heavy (non-hydrogen) atoms. The molecule has 0 saturated heterocycles. The monoisotopic (exact) mass is 375 g/mol. The molecule has 0 aliphatic carbocycles. The molecule has 1 aromatic carbocycles. The van der Waals surface area contributed by atoms with Gasteiger partial charge in [-0.25, -0.2) is 4.79 Å². The highest BCUT2D eigenvalue weighted by atomic mass is 127. The van der Waals surface area contributed by atoms with Crippen LogP contribution in [0, 0.1) is 0 Å². The van der Waals surface area contributed by atoms with E-state index in [4.69, 9.17) is 16.3 Å². The third kappa shape index (κ3) is 2.44. The third-order valence-corrected chi connectivity index (χ3v) is 3.63. The number of alkyl halides is 1. The predicted octanol–water partition coefficient (Wildman–Crippen LogP) is 4.00. The van der Waals surface area contributed by atoms with Gasteiger partial charge in [0, 0.05) is 9.81 Å². The Morgan fingerprint density at radius 2 is 2.17 bits per heavy atom. The number of para-hydroxylation sites is 1. The Balaban J connectivity index is 2.70. The molecule has 0 fully saturated rings. The van der Waals surface area contributed by atoms with Gasteiger partial charge in [-0.05, 0) is 13.0 Å². The predicted molar refractivity (Wildman–Crippen MR) is 80.4 cm³/mol. The van der Waals surface area contributed by atoms with Crippen LogP contribution in [0.3, 0.4) is 0 Å². The SMILES string of the molecule is CCOC(=O)c1c(CI)nc2ccccc2c1Cl. The van der Waals surface area contributed by atoms with Crippen LogP contribution >= 0.6 is 34.2 Å². The lowest BCUT2D eigenvalue weighted by molar-refractivity contribution is 0.0525. The number of esters is 1. The standard InChI is InChI=1S/C13H11ClINO2/c1-2-18-13(17)11-10(7-15)16-9-6-4-3-5-8(9)12(11)14/h3-6H,2,7H2,1H3. The van der Waals surface area contributed by atoms with Gasteiger partial charge in [0.15, 0.2) is 0 Å². The van der Waals surface area contributed by atoms with Crippen molar-refractivity contribution in [3.05, 3.63) is 40.5 Å². The summed E-state index contributed by atoms with van der Waals surface area (Å²) in [6.45, 7) is 2.09. The van der Waals surface area contributed by atoms with E-state index in [2.05, 4.69) is 27.6 Å². The number of nitrogens with zero attached hydrogens (tertiary/aromatic N) is 1. The molecule has 1 heterocycles. The largest absolute Gasteiger partial charge is 0.462 e. The molecule has 0 aliphatic rings. The van der Waals surface area contributed by atoms with E-state index < -0.39 is 5.97 Å². The first-order valence-corrected chi connectivity index (χ1v) is 7.39. The average molecular weight is 376 g/mol. The van der Waals surface area contributed by atoms with E-state index in [9.17, 15) is 4.79 Å². The van der Waals surface area contributed by atoms with E-state index in [1.807, 2.05) is 24.3 Å². The lowest BCUT2D eigenvalue weighted by Gasteiger charge is -2.10. The number of fused-ring (bicyclic) bond motifs is 1. The average Bonchev–Trinajstić information content (AvgIpc) is 2.38. The van der Waals surface area contributed by atoms with E-state index in [-0.39, 0.29) is 0 Å². The highest BCUT2D eigenvalue weighted by Gasteiger charge is 2.20. The Hall–Kier alpha value is -0.880. The summed E-state index contributed by atoms with van der Waals surface area (Å²) in [4.78, 5) is 16.4. The lowest BCUT2D eigenvalue weighted by Crippen LogP contribution is -2.10. The van der Waals surface area contributed by atoms with Crippen molar-refractivity contribution in [3.8, 4) is 0 Å². The third-order valence-electron chi connectivity index (χ3n) is 2.51. The molecule has 0 N–H and O–H groups in total. The van der Waals surface area contributed by atoms with Crippen molar-refractivity contribution in [3.63, 3.8) is 0 Å². The molecule has 0 unspecified atom stereocenters. The summed E-state index contributed by atoms with van der Waals surface area (Å²) in [6, 6.07) is 7.50. The molecule has 2 rings (SSSR count). The van der Waals surface area contributed by atoms with Gasteiger partial charge in [0.05, 0.1) is 22.8 Å². The number of carbonyl (C=O) groups excluding carboxylic acids is 1. The first-order valence-electron chi connectivity index (χ1n) is 5.49. The summed E-state index contributed by atoms with van der Waals surface area (Å²) in [5.41, 5.74) is 1.84. The number of hydrogen-bond acceptors (Lipinski definition) is 3. The number of hydrogen-bond donors (Lipinski definition) is 0. The number of aromatic nitrogens is 1. The molecule has 5 heteroatoms. The van der Waals surface area contributed by atoms with E-state index in [1.165, 1.54) is 0 Å². The van der Waals surface area contributed by atoms with Gasteiger partial charge in [-0.2, -0.15) is 0 Å². The number of benzene rings is 1. The van der Waals surface area contributed by atoms with Crippen molar-refractivity contribution in [2.45, 2.75) is 11.4 Å². The summed E-state index contributed by atoms with van der Waals surface area (Å²) < 4.78 is 5.64. The molecular formula is C13H11ClINO2. The zero-order valence-corrected chi connectivity index (χ0v) is 12.7. The molecule has 1 aromatic heterocycles. The molecule has 0 amide bonds. The normalized spacial score (nSPS) is 10.6. The molecule has 0 radical (unpaired) electrons. The van der Waals surface area contributed by atoms with E-state index in [0.29, 0.717) is 27.3 Å². The molecule has 0 bridgehead atoms.